The summed E-state index contributed by atoms with van der Waals surface area (Å²) in [6.45, 7) is 5.95. The Morgan fingerprint density at radius 3 is 2.68 bits per heavy atom. The van der Waals surface area contributed by atoms with Crippen LogP contribution in [0.5, 0.6) is 0 Å². The Morgan fingerprint density at radius 1 is 1.32 bits per heavy atom. The van der Waals surface area contributed by atoms with Gasteiger partial charge in [-0.1, -0.05) is 17.7 Å². The maximum atomic E-state index is 13.7. The van der Waals surface area contributed by atoms with Crippen LogP contribution in [0.25, 0.3) is 0 Å². The van der Waals surface area contributed by atoms with Crippen LogP contribution in [0.4, 0.5) is 4.39 Å². The molecule has 0 amide bonds. The van der Waals surface area contributed by atoms with Crippen molar-refractivity contribution < 1.29 is 9.50 Å². The normalized spacial score (nSPS) is 12.9. The van der Waals surface area contributed by atoms with Gasteiger partial charge in [-0.3, -0.25) is 4.68 Å². The van der Waals surface area contributed by atoms with Gasteiger partial charge in [0.2, 0.25) is 0 Å². The molecule has 0 radical (unpaired) electrons. The van der Waals surface area contributed by atoms with Crippen LogP contribution >= 0.6 is 0 Å². The summed E-state index contributed by atoms with van der Waals surface area (Å²) in [4.78, 5) is 0. The van der Waals surface area contributed by atoms with Crippen LogP contribution in [0.15, 0.2) is 30.5 Å². The van der Waals surface area contributed by atoms with Crippen LogP contribution in [-0.2, 0) is 6.42 Å². The number of aromatic nitrogens is 2. The van der Waals surface area contributed by atoms with E-state index in [0.717, 1.165) is 11.3 Å². The number of benzene rings is 1. The lowest BCUT2D eigenvalue weighted by Gasteiger charge is -2.11. The van der Waals surface area contributed by atoms with Gasteiger partial charge >= 0.3 is 0 Å². The molecule has 0 spiro atoms. The lowest BCUT2D eigenvalue weighted by molar-refractivity contribution is 0.172. The molecular weight excluding hydrogens is 243 g/mol. The molecule has 0 fully saturated rings. The van der Waals surface area contributed by atoms with Gasteiger partial charge < -0.3 is 5.11 Å². The fourth-order valence-electron chi connectivity index (χ4n) is 2.00. The Balaban J connectivity index is 2.15. The molecule has 1 N–H and O–H groups in total. The third kappa shape index (κ3) is 3.20. The van der Waals surface area contributed by atoms with E-state index in [-0.39, 0.29) is 11.9 Å². The minimum absolute atomic E-state index is 0.279. The van der Waals surface area contributed by atoms with Crippen LogP contribution in [0, 0.1) is 12.7 Å². The van der Waals surface area contributed by atoms with Crippen molar-refractivity contribution in [1.29, 1.82) is 0 Å². The van der Waals surface area contributed by atoms with E-state index in [4.69, 9.17) is 0 Å². The van der Waals surface area contributed by atoms with Crippen LogP contribution in [-0.4, -0.2) is 14.9 Å². The van der Waals surface area contributed by atoms with Crippen LogP contribution in [0.2, 0.25) is 0 Å². The average molecular weight is 262 g/mol. The second kappa shape index (κ2) is 5.53. The van der Waals surface area contributed by atoms with E-state index in [0.29, 0.717) is 12.0 Å². The zero-order valence-electron chi connectivity index (χ0n) is 11.5. The molecule has 4 heteroatoms. The molecule has 0 aliphatic heterocycles. The van der Waals surface area contributed by atoms with E-state index in [1.165, 1.54) is 6.07 Å². The summed E-state index contributed by atoms with van der Waals surface area (Å²) in [7, 11) is 0. The molecule has 19 heavy (non-hydrogen) atoms. The first kappa shape index (κ1) is 13.7. The van der Waals surface area contributed by atoms with Crippen molar-refractivity contribution in [2.24, 2.45) is 0 Å². The van der Waals surface area contributed by atoms with Crippen LogP contribution in [0.3, 0.4) is 0 Å². The van der Waals surface area contributed by atoms with Crippen molar-refractivity contribution >= 4 is 0 Å². The number of hydrogen-bond acceptors (Lipinski definition) is 2. The summed E-state index contributed by atoms with van der Waals surface area (Å²) in [5, 5.41) is 14.5. The van der Waals surface area contributed by atoms with Crippen molar-refractivity contribution in [1.82, 2.24) is 9.78 Å². The molecule has 2 aromatic rings. The third-order valence-electron chi connectivity index (χ3n) is 3.11. The Kier molecular flexibility index (Phi) is 4.00. The van der Waals surface area contributed by atoms with Gasteiger partial charge in [-0.05, 0) is 32.9 Å². The van der Waals surface area contributed by atoms with Gasteiger partial charge in [-0.15, -0.1) is 0 Å². The van der Waals surface area contributed by atoms with Crippen LogP contribution in [0.1, 0.15) is 42.8 Å². The fraction of sp³-hybridized carbons (Fsp3) is 0.400. The topological polar surface area (TPSA) is 38.0 Å². The first-order valence-electron chi connectivity index (χ1n) is 6.45. The number of rotatable bonds is 4. The van der Waals surface area contributed by atoms with E-state index >= 15 is 0 Å². The molecule has 1 aromatic heterocycles. The highest BCUT2D eigenvalue weighted by atomic mass is 19.1. The SMILES string of the molecule is Cc1ccc(F)c(C(O)Cc2ccn(C(C)C)n2)c1. The molecule has 1 heterocycles. The average Bonchev–Trinajstić information content (AvgIpc) is 2.80. The molecule has 0 bridgehead atoms. The highest BCUT2D eigenvalue weighted by Crippen LogP contribution is 2.22. The van der Waals surface area contributed by atoms with Crippen molar-refractivity contribution in [2.45, 2.75) is 39.3 Å². The number of hydrogen-bond donors (Lipinski definition) is 1. The van der Waals surface area contributed by atoms with E-state index < -0.39 is 6.10 Å². The zero-order chi connectivity index (χ0) is 14.0. The van der Waals surface area contributed by atoms with Gasteiger partial charge in [0.1, 0.15) is 5.82 Å². The van der Waals surface area contributed by atoms with Crippen molar-refractivity contribution in [3.05, 3.63) is 53.1 Å². The summed E-state index contributed by atoms with van der Waals surface area (Å²) in [6, 6.07) is 6.90. The Labute approximate surface area is 112 Å². The quantitative estimate of drug-likeness (QED) is 0.919. The van der Waals surface area contributed by atoms with Crippen molar-refractivity contribution in [3.63, 3.8) is 0 Å². The molecule has 0 saturated heterocycles. The molecule has 0 saturated carbocycles. The van der Waals surface area contributed by atoms with Gasteiger partial charge in [0.25, 0.3) is 0 Å². The third-order valence-corrected chi connectivity index (χ3v) is 3.11. The summed E-state index contributed by atoms with van der Waals surface area (Å²) >= 11 is 0. The second-order valence-corrected chi connectivity index (χ2v) is 5.13. The number of aliphatic hydroxyl groups excluding tert-OH is 1. The van der Waals surface area contributed by atoms with Gasteiger partial charge in [-0.2, -0.15) is 5.10 Å². The Hall–Kier alpha value is -1.68. The molecule has 0 aliphatic carbocycles. The van der Waals surface area contributed by atoms with E-state index in [2.05, 4.69) is 5.10 Å². The highest BCUT2D eigenvalue weighted by molar-refractivity contribution is 5.26. The molecule has 102 valence electrons. The molecule has 0 aliphatic rings. The van der Waals surface area contributed by atoms with Gasteiger partial charge in [0.15, 0.2) is 0 Å². The summed E-state index contributed by atoms with van der Waals surface area (Å²) < 4.78 is 15.5. The molecule has 1 unspecified atom stereocenters. The highest BCUT2D eigenvalue weighted by Gasteiger charge is 2.15. The minimum Gasteiger partial charge on any atom is -0.388 e. The lowest BCUT2D eigenvalue weighted by atomic mass is 10.0. The van der Waals surface area contributed by atoms with E-state index in [1.54, 1.807) is 12.1 Å². The second-order valence-electron chi connectivity index (χ2n) is 5.13. The van der Waals surface area contributed by atoms with E-state index in [9.17, 15) is 9.50 Å². The minimum atomic E-state index is -0.865. The summed E-state index contributed by atoms with van der Waals surface area (Å²) in [6.07, 6.45) is 1.33. The smallest absolute Gasteiger partial charge is 0.129 e. The Bertz CT molecular complexity index is 563. The van der Waals surface area contributed by atoms with Gasteiger partial charge in [-0.25, -0.2) is 4.39 Å². The largest absolute Gasteiger partial charge is 0.388 e. The summed E-state index contributed by atoms with van der Waals surface area (Å²) in [5.74, 6) is -0.374. The Morgan fingerprint density at radius 2 is 2.05 bits per heavy atom. The van der Waals surface area contributed by atoms with Gasteiger partial charge in [0, 0.05) is 24.2 Å². The molecule has 2 rings (SSSR count). The number of halogens is 1. The predicted molar refractivity (Wildman–Crippen MR) is 72.4 cm³/mol. The van der Waals surface area contributed by atoms with E-state index in [1.807, 2.05) is 37.7 Å². The van der Waals surface area contributed by atoms with Crippen molar-refractivity contribution in [3.8, 4) is 0 Å². The van der Waals surface area contributed by atoms with Crippen LogP contribution < -0.4 is 0 Å². The predicted octanol–water partition coefficient (Wildman–Crippen LogP) is 3.19. The van der Waals surface area contributed by atoms with Gasteiger partial charge in [0.05, 0.1) is 11.8 Å². The maximum Gasteiger partial charge on any atom is 0.129 e. The zero-order valence-corrected chi connectivity index (χ0v) is 11.5. The first-order chi connectivity index (χ1) is 8.97. The summed E-state index contributed by atoms with van der Waals surface area (Å²) in [5.41, 5.74) is 2.03. The fourth-order valence-corrected chi connectivity index (χ4v) is 2.00. The molecule has 1 atom stereocenters. The maximum absolute atomic E-state index is 13.7. The molecular formula is C15H19FN2O. The monoisotopic (exact) mass is 262 g/mol. The molecule has 3 nitrogen and oxygen atoms in total. The number of nitrogens with zero attached hydrogens (tertiary/aromatic N) is 2. The lowest BCUT2D eigenvalue weighted by Crippen LogP contribution is -2.07. The number of aliphatic hydroxyl groups is 1. The molecule has 1 aromatic carbocycles. The first-order valence-corrected chi connectivity index (χ1v) is 6.45. The standard InChI is InChI=1S/C15H19FN2O/c1-10(2)18-7-6-12(17-18)9-15(19)13-8-11(3)4-5-14(13)16/h4-8,10,15,19H,9H2,1-3H3. The van der Waals surface area contributed by atoms with Crippen molar-refractivity contribution in [2.75, 3.05) is 0 Å². The number of aryl methyl sites for hydroxylation is 1.